The van der Waals surface area contributed by atoms with Gasteiger partial charge in [0.2, 0.25) is 0 Å². The molecule has 32 heavy (non-hydrogen) atoms. The number of phenols is 1. The molecule has 0 radical (unpaired) electrons. The van der Waals surface area contributed by atoms with Gasteiger partial charge in [0.1, 0.15) is 5.75 Å². The summed E-state index contributed by atoms with van der Waals surface area (Å²) >= 11 is 0. The first kappa shape index (κ1) is 19.7. The van der Waals surface area contributed by atoms with Crippen LogP contribution in [0.5, 0.6) is 5.75 Å². The maximum Gasteiger partial charge on any atom is 0.128 e. The zero-order valence-electron chi connectivity index (χ0n) is 17.5. The second-order valence-corrected chi connectivity index (χ2v) is 7.68. The highest BCUT2D eigenvalue weighted by molar-refractivity contribution is 5.74. The lowest BCUT2D eigenvalue weighted by Gasteiger charge is -2.11. The van der Waals surface area contributed by atoms with E-state index in [1.54, 1.807) is 6.20 Å². The molecule has 0 amide bonds. The molecule has 3 heteroatoms. The first-order chi connectivity index (χ1) is 15.8. The number of phenolic OH excluding ortho intramolecular Hbond substituents is 1. The monoisotopic (exact) mass is 414 g/mol. The number of benzene rings is 3. The number of para-hydroxylation sites is 1. The van der Waals surface area contributed by atoms with E-state index in [9.17, 15) is 5.11 Å². The fraction of sp³-hybridized carbons (Fsp3) is 0.0345. The van der Waals surface area contributed by atoms with Gasteiger partial charge < -0.3 is 5.11 Å². The van der Waals surface area contributed by atoms with E-state index in [0.717, 1.165) is 44.9 Å². The Bertz CT molecular complexity index is 1350. The highest BCUT2D eigenvalue weighted by atomic mass is 16.3. The Morgan fingerprint density at radius 3 is 2.09 bits per heavy atom. The standard InChI is InChI=1S/C29H22N2O/c32-29-24(19-21-9-2-1-3-10-21)13-7-14-25(29)28-17-8-16-27(31-28)23-12-6-11-22(20-23)26-15-4-5-18-30-26/h1-18,20,32H,19H2. The fourth-order valence-corrected chi connectivity index (χ4v) is 3.87. The highest BCUT2D eigenvalue weighted by Gasteiger charge is 2.12. The molecule has 0 fully saturated rings. The van der Waals surface area contributed by atoms with Crippen LogP contribution < -0.4 is 0 Å². The Hall–Kier alpha value is -4.24. The molecule has 0 aliphatic carbocycles. The Labute approximate surface area is 187 Å². The Morgan fingerprint density at radius 2 is 1.28 bits per heavy atom. The molecule has 154 valence electrons. The Kier molecular flexibility index (Phi) is 5.46. The van der Waals surface area contributed by atoms with Crippen LogP contribution in [0.3, 0.4) is 0 Å². The Balaban J connectivity index is 1.50. The minimum Gasteiger partial charge on any atom is -0.507 e. The largest absolute Gasteiger partial charge is 0.507 e. The van der Waals surface area contributed by atoms with Gasteiger partial charge in [-0.25, -0.2) is 4.98 Å². The summed E-state index contributed by atoms with van der Waals surface area (Å²) in [6.07, 6.45) is 2.47. The first-order valence-corrected chi connectivity index (χ1v) is 10.6. The molecule has 0 bridgehead atoms. The fourth-order valence-electron chi connectivity index (χ4n) is 3.87. The van der Waals surface area contributed by atoms with Crippen molar-refractivity contribution in [2.75, 3.05) is 0 Å². The van der Waals surface area contributed by atoms with Gasteiger partial charge in [0, 0.05) is 29.3 Å². The van der Waals surface area contributed by atoms with Gasteiger partial charge in [-0.1, -0.05) is 72.8 Å². The third-order valence-corrected chi connectivity index (χ3v) is 5.50. The van der Waals surface area contributed by atoms with Crippen molar-refractivity contribution in [1.82, 2.24) is 9.97 Å². The van der Waals surface area contributed by atoms with Crippen molar-refractivity contribution in [3.8, 4) is 39.5 Å². The van der Waals surface area contributed by atoms with Gasteiger partial charge in [-0.2, -0.15) is 0 Å². The second-order valence-electron chi connectivity index (χ2n) is 7.68. The quantitative estimate of drug-likeness (QED) is 0.345. The van der Waals surface area contributed by atoms with Crippen molar-refractivity contribution in [3.05, 3.63) is 127 Å². The lowest BCUT2D eigenvalue weighted by molar-refractivity contribution is 0.471. The molecular weight excluding hydrogens is 392 g/mol. The third kappa shape index (κ3) is 4.14. The summed E-state index contributed by atoms with van der Waals surface area (Å²) in [5.41, 5.74) is 7.37. The molecule has 0 spiro atoms. The maximum absolute atomic E-state index is 11.0. The number of rotatable bonds is 5. The van der Waals surface area contributed by atoms with E-state index < -0.39 is 0 Å². The van der Waals surface area contributed by atoms with Crippen LogP contribution in [-0.4, -0.2) is 15.1 Å². The van der Waals surface area contributed by atoms with Crippen molar-refractivity contribution in [2.45, 2.75) is 6.42 Å². The number of hydrogen-bond donors (Lipinski definition) is 1. The normalized spacial score (nSPS) is 10.8. The van der Waals surface area contributed by atoms with E-state index >= 15 is 0 Å². The van der Waals surface area contributed by atoms with E-state index in [0.29, 0.717) is 6.42 Å². The van der Waals surface area contributed by atoms with Crippen LogP contribution in [0.1, 0.15) is 11.1 Å². The van der Waals surface area contributed by atoms with Gasteiger partial charge in [-0.15, -0.1) is 0 Å². The van der Waals surface area contributed by atoms with Gasteiger partial charge in [-0.3, -0.25) is 4.98 Å². The van der Waals surface area contributed by atoms with Crippen LogP contribution in [0.4, 0.5) is 0 Å². The summed E-state index contributed by atoms with van der Waals surface area (Å²) in [6.45, 7) is 0. The predicted molar refractivity (Wildman–Crippen MR) is 129 cm³/mol. The highest BCUT2D eigenvalue weighted by Crippen LogP contribution is 2.34. The minimum absolute atomic E-state index is 0.281. The summed E-state index contributed by atoms with van der Waals surface area (Å²) in [5.74, 6) is 0.281. The van der Waals surface area contributed by atoms with Gasteiger partial charge in [0.05, 0.1) is 17.1 Å². The minimum atomic E-state index is 0.281. The number of nitrogens with zero attached hydrogens (tertiary/aromatic N) is 2. The van der Waals surface area contributed by atoms with Crippen molar-refractivity contribution in [2.24, 2.45) is 0 Å². The molecule has 1 N–H and O–H groups in total. The van der Waals surface area contributed by atoms with Crippen LogP contribution in [-0.2, 0) is 6.42 Å². The molecule has 2 aromatic heterocycles. The predicted octanol–water partition coefficient (Wildman–Crippen LogP) is 6.77. The van der Waals surface area contributed by atoms with Crippen molar-refractivity contribution in [3.63, 3.8) is 0 Å². The maximum atomic E-state index is 11.0. The average molecular weight is 415 g/mol. The number of aromatic hydroxyl groups is 1. The average Bonchev–Trinajstić information content (AvgIpc) is 2.87. The van der Waals surface area contributed by atoms with Crippen molar-refractivity contribution in [1.29, 1.82) is 0 Å². The zero-order valence-corrected chi connectivity index (χ0v) is 17.5. The molecule has 2 heterocycles. The number of pyridine rings is 2. The lowest BCUT2D eigenvalue weighted by atomic mass is 9.99. The molecule has 5 aromatic rings. The molecule has 0 saturated carbocycles. The van der Waals surface area contributed by atoms with E-state index in [1.165, 1.54) is 0 Å². The molecule has 0 unspecified atom stereocenters. The van der Waals surface area contributed by atoms with Gasteiger partial charge >= 0.3 is 0 Å². The van der Waals surface area contributed by atoms with Crippen molar-refractivity contribution < 1.29 is 5.11 Å². The van der Waals surface area contributed by atoms with Gasteiger partial charge in [0.15, 0.2) is 0 Å². The van der Waals surface area contributed by atoms with E-state index in [4.69, 9.17) is 4.98 Å². The van der Waals surface area contributed by atoms with Crippen molar-refractivity contribution >= 4 is 0 Å². The van der Waals surface area contributed by atoms with Crippen LogP contribution in [0.15, 0.2) is 115 Å². The summed E-state index contributed by atoms with van der Waals surface area (Å²) in [5, 5.41) is 11.0. The van der Waals surface area contributed by atoms with E-state index in [-0.39, 0.29) is 5.75 Å². The molecule has 0 atom stereocenters. The molecular formula is C29H22N2O. The SMILES string of the molecule is Oc1c(Cc2ccccc2)cccc1-c1cccc(-c2cccc(-c3ccccn3)c2)n1. The van der Waals surface area contributed by atoms with Crippen LogP contribution in [0, 0.1) is 0 Å². The molecule has 0 aliphatic rings. The van der Waals surface area contributed by atoms with E-state index in [2.05, 4.69) is 29.2 Å². The topological polar surface area (TPSA) is 46.0 Å². The first-order valence-electron chi connectivity index (χ1n) is 10.6. The number of hydrogen-bond acceptors (Lipinski definition) is 3. The van der Waals surface area contributed by atoms with Gasteiger partial charge in [0.25, 0.3) is 0 Å². The molecule has 3 nitrogen and oxygen atoms in total. The lowest BCUT2D eigenvalue weighted by Crippen LogP contribution is -1.93. The third-order valence-electron chi connectivity index (χ3n) is 5.50. The van der Waals surface area contributed by atoms with Crippen LogP contribution >= 0.6 is 0 Å². The Morgan fingerprint density at radius 1 is 0.594 bits per heavy atom. The smallest absolute Gasteiger partial charge is 0.128 e. The summed E-state index contributed by atoms with van der Waals surface area (Å²) < 4.78 is 0. The van der Waals surface area contributed by atoms with Crippen LogP contribution in [0.25, 0.3) is 33.8 Å². The number of aromatic nitrogens is 2. The van der Waals surface area contributed by atoms with E-state index in [1.807, 2.05) is 84.9 Å². The second kappa shape index (κ2) is 8.86. The summed E-state index contributed by atoms with van der Waals surface area (Å²) in [6, 6.07) is 36.0. The van der Waals surface area contributed by atoms with Crippen LogP contribution in [0.2, 0.25) is 0 Å². The zero-order chi connectivity index (χ0) is 21.8. The summed E-state index contributed by atoms with van der Waals surface area (Å²) in [7, 11) is 0. The molecule has 5 rings (SSSR count). The molecule has 0 aliphatic heterocycles. The molecule has 3 aromatic carbocycles. The van der Waals surface area contributed by atoms with Gasteiger partial charge in [-0.05, 0) is 47.5 Å². The summed E-state index contributed by atoms with van der Waals surface area (Å²) in [4.78, 5) is 9.33. The molecule has 0 saturated heterocycles.